The molecule has 0 fully saturated rings. The molecule has 0 aliphatic carbocycles. The van der Waals surface area contributed by atoms with Crippen LogP contribution in [0.15, 0.2) is 23.1 Å². The number of nitrogen functional groups attached to an aromatic ring is 1. The second kappa shape index (κ2) is 6.26. The normalized spacial score (nSPS) is 13.0. The molecule has 0 saturated heterocycles. The van der Waals surface area contributed by atoms with Crippen LogP contribution in [0.2, 0.25) is 0 Å². The third-order valence-electron chi connectivity index (χ3n) is 3.52. The predicted octanol–water partition coefficient (Wildman–Crippen LogP) is 1.61. The van der Waals surface area contributed by atoms with E-state index in [4.69, 9.17) is 5.73 Å². The smallest absolute Gasteiger partial charge is 0.240 e. The maximum absolute atomic E-state index is 12.6. The van der Waals surface area contributed by atoms with E-state index in [1.54, 1.807) is 19.1 Å². The first-order valence-electron chi connectivity index (χ1n) is 6.65. The number of rotatable bonds is 5. The summed E-state index contributed by atoms with van der Waals surface area (Å²) in [6.07, 6.45) is 0. The Hall–Kier alpha value is -1.56. The molecule has 5 nitrogen and oxygen atoms in total. The number of carbonyl (C=O) groups excluding carboxylic acids is 1. The molecule has 1 aromatic rings. The van der Waals surface area contributed by atoms with Crippen molar-refractivity contribution in [2.45, 2.75) is 37.8 Å². The molecule has 0 aliphatic heterocycles. The molecule has 2 N–H and O–H groups in total. The van der Waals surface area contributed by atoms with E-state index in [9.17, 15) is 13.2 Å². The van der Waals surface area contributed by atoms with Gasteiger partial charge in [0.2, 0.25) is 5.91 Å². The van der Waals surface area contributed by atoms with Gasteiger partial charge in [0.25, 0.3) is 0 Å². The summed E-state index contributed by atoms with van der Waals surface area (Å²) in [7, 11) is -3.73. The molecule has 0 bridgehead atoms. The van der Waals surface area contributed by atoms with Crippen LogP contribution < -0.4 is 5.73 Å². The highest BCUT2D eigenvalue weighted by Gasteiger charge is 2.33. The highest BCUT2D eigenvalue weighted by atomic mass is 32.2. The zero-order valence-electron chi connectivity index (χ0n) is 12.4. The Bertz CT molecular complexity index is 592. The number of anilines is 1. The van der Waals surface area contributed by atoms with Crippen molar-refractivity contribution in [2.24, 2.45) is 0 Å². The molecule has 0 radical (unpaired) electrons. The van der Waals surface area contributed by atoms with Crippen LogP contribution in [-0.2, 0) is 14.6 Å². The number of sulfone groups is 1. The molecule has 0 aliphatic rings. The van der Waals surface area contributed by atoms with Gasteiger partial charge in [-0.2, -0.15) is 0 Å². The maximum Gasteiger partial charge on any atom is 0.240 e. The van der Waals surface area contributed by atoms with Gasteiger partial charge in [-0.1, -0.05) is 6.07 Å². The van der Waals surface area contributed by atoms with Gasteiger partial charge in [0.1, 0.15) is 5.25 Å². The molecule has 1 rings (SSSR count). The van der Waals surface area contributed by atoms with Crippen LogP contribution in [0.3, 0.4) is 0 Å². The summed E-state index contributed by atoms with van der Waals surface area (Å²) in [4.78, 5) is 13.9. The van der Waals surface area contributed by atoms with E-state index in [0.717, 1.165) is 0 Å². The van der Waals surface area contributed by atoms with Crippen LogP contribution in [0.4, 0.5) is 5.69 Å². The fraction of sp³-hybridized carbons (Fsp3) is 0.500. The molecule has 1 atom stereocenters. The van der Waals surface area contributed by atoms with Crippen LogP contribution in [0.25, 0.3) is 0 Å². The van der Waals surface area contributed by atoms with Crippen molar-refractivity contribution in [1.29, 1.82) is 0 Å². The summed E-state index contributed by atoms with van der Waals surface area (Å²) < 4.78 is 25.2. The van der Waals surface area contributed by atoms with Crippen molar-refractivity contribution in [2.75, 3.05) is 18.8 Å². The van der Waals surface area contributed by atoms with E-state index in [2.05, 4.69) is 0 Å². The second-order valence-corrected chi connectivity index (χ2v) is 6.91. The van der Waals surface area contributed by atoms with E-state index in [0.29, 0.717) is 24.3 Å². The first-order valence-corrected chi connectivity index (χ1v) is 8.19. The van der Waals surface area contributed by atoms with Gasteiger partial charge in [-0.15, -0.1) is 0 Å². The molecule has 0 saturated carbocycles. The van der Waals surface area contributed by atoms with Crippen LogP contribution in [0, 0.1) is 6.92 Å². The predicted molar refractivity (Wildman–Crippen MR) is 80.2 cm³/mol. The fourth-order valence-electron chi connectivity index (χ4n) is 2.06. The second-order valence-electron chi connectivity index (χ2n) is 4.67. The third kappa shape index (κ3) is 2.95. The van der Waals surface area contributed by atoms with Gasteiger partial charge in [-0.05, 0) is 45.4 Å². The summed E-state index contributed by atoms with van der Waals surface area (Å²) in [6, 6.07) is 4.72. The van der Waals surface area contributed by atoms with Gasteiger partial charge in [-0.25, -0.2) is 8.42 Å². The molecule has 6 heteroatoms. The van der Waals surface area contributed by atoms with Crippen molar-refractivity contribution in [3.05, 3.63) is 23.8 Å². The quantitative estimate of drug-likeness (QED) is 0.837. The first kappa shape index (κ1) is 16.5. The lowest BCUT2D eigenvalue weighted by molar-refractivity contribution is -0.130. The lowest BCUT2D eigenvalue weighted by Crippen LogP contribution is -2.41. The zero-order chi connectivity index (χ0) is 15.5. The van der Waals surface area contributed by atoms with Gasteiger partial charge in [0, 0.05) is 18.8 Å². The van der Waals surface area contributed by atoms with Crippen molar-refractivity contribution >= 4 is 21.4 Å². The van der Waals surface area contributed by atoms with E-state index < -0.39 is 15.1 Å². The minimum Gasteiger partial charge on any atom is -0.398 e. The first-order chi connectivity index (χ1) is 9.27. The van der Waals surface area contributed by atoms with Crippen LogP contribution in [0.1, 0.15) is 26.3 Å². The van der Waals surface area contributed by atoms with E-state index >= 15 is 0 Å². The Labute approximate surface area is 120 Å². The van der Waals surface area contributed by atoms with Crippen LogP contribution in [0.5, 0.6) is 0 Å². The number of nitrogens with two attached hydrogens (primary N) is 1. The Kier molecular flexibility index (Phi) is 5.16. The highest BCUT2D eigenvalue weighted by Crippen LogP contribution is 2.25. The Morgan fingerprint density at radius 2 is 1.85 bits per heavy atom. The van der Waals surface area contributed by atoms with Gasteiger partial charge in [-0.3, -0.25) is 4.79 Å². The summed E-state index contributed by atoms with van der Waals surface area (Å²) >= 11 is 0. The molecule has 20 heavy (non-hydrogen) atoms. The molecule has 1 aromatic carbocycles. The van der Waals surface area contributed by atoms with Crippen molar-refractivity contribution in [3.8, 4) is 0 Å². The number of carbonyl (C=O) groups is 1. The Morgan fingerprint density at radius 1 is 1.30 bits per heavy atom. The number of hydrogen-bond donors (Lipinski definition) is 1. The Morgan fingerprint density at radius 3 is 2.35 bits per heavy atom. The Balaban J connectivity index is 3.23. The van der Waals surface area contributed by atoms with E-state index in [1.807, 2.05) is 13.8 Å². The van der Waals surface area contributed by atoms with E-state index in [-0.39, 0.29) is 10.8 Å². The molecule has 1 unspecified atom stereocenters. The van der Waals surface area contributed by atoms with Crippen LogP contribution >= 0.6 is 0 Å². The maximum atomic E-state index is 12.6. The molecule has 0 heterocycles. The molecule has 1 amide bonds. The molecule has 0 aromatic heterocycles. The molecule has 112 valence electrons. The number of benzene rings is 1. The minimum absolute atomic E-state index is 0.130. The average Bonchev–Trinajstić information content (AvgIpc) is 2.41. The fourth-order valence-corrected chi connectivity index (χ4v) is 3.66. The number of amides is 1. The summed E-state index contributed by atoms with van der Waals surface area (Å²) in [6.45, 7) is 7.71. The third-order valence-corrected chi connectivity index (χ3v) is 5.71. The highest BCUT2D eigenvalue weighted by molar-refractivity contribution is 7.92. The van der Waals surface area contributed by atoms with Gasteiger partial charge >= 0.3 is 0 Å². The summed E-state index contributed by atoms with van der Waals surface area (Å²) in [5, 5.41) is -1.11. The number of hydrogen-bond acceptors (Lipinski definition) is 4. The van der Waals surface area contributed by atoms with Crippen LogP contribution in [-0.4, -0.2) is 37.6 Å². The average molecular weight is 298 g/mol. The monoisotopic (exact) mass is 298 g/mol. The van der Waals surface area contributed by atoms with Crippen molar-refractivity contribution in [3.63, 3.8) is 0 Å². The van der Waals surface area contributed by atoms with Crippen molar-refractivity contribution < 1.29 is 13.2 Å². The largest absolute Gasteiger partial charge is 0.398 e. The SMILES string of the molecule is CCN(CC)C(=O)C(C)S(=O)(=O)c1cccc(N)c1C. The zero-order valence-corrected chi connectivity index (χ0v) is 13.2. The number of nitrogens with zero attached hydrogens (tertiary/aromatic N) is 1. The van der Waals surface area contributed by atoms with Gasteiger partial charge in [0.05, 0.1) is 4.90 Å². The lowest BCUT2D eigenvalue weighted by atomic mass is 10.2. The van der Waals surface area contributed by atoms with E-state index in [1.165, 1.54) is 17.9 Å². The molecular weight excluding hydrogens is 276 g/mol. The van der Waals surface area contributed by atoms with Gasteiger partial charge in [0.15, 0.2) is 9.84 Å². The molecular formula is C14H22N2O3S. The van der Waals surface area contributed by atoms with Crippen molar-refractivity contribution in [1.82, 2.24) is 4.90 Å². The minimum atomic E-state index is -3.73. The molecule has 0 spiro atoms. The summed E-state index contributed by atoms with van der Waals surface area (Å²) in [5.41, 5.74) is 6.65. The standard InChI is InChI=1S/C14H22N2O3S/c1-5-16(6-2)14(17)11(4)20(18,19)13-9-7-8-12(15)10(13)3/h7-9,11H,5-6,15H2,1-4H3. The lowest BCUT2D eigenvalue weighted by Gasteiger charge is -2.23. The van der Waals surface area contributed by atoms with Gasteiger partial charge < -0.3 is 10.6 Å². The summed E-state index contributed by atoms with van der Waals surface area (Å²) in [5.74, 6) is -0.378. The topological polar surface area (TPSA) is 80.5 Å².